The molecular formula is C13H12F2N2O3S. The van der Waals surface area contributed by atoms with Gasteiger partial charge in [0, 0.05) is 18.3 Å². The van der Waals surface area contributed by atoms with Crippen LogP contribution in [0.15, 0.2) is 18.3 Å². The lowest BCUT2D eigenvalue weighted by Gasteiger charge is -2.02. The Morgan fingerprint density at radius 3 is 2.90 bits per heavy atom. The number of aromatic nitrogens is 1. The third-order valence-corrected chi connectivity index (χ3v) is 3.92. The van der Waals surface area contributed by atoms with Gasteiger partial charge in [-0.05, 0) is 12.1 Å². The summed E-state index contributed by atoms with van der Waals surface area (Å²) >= 11 is 0.954. The topological polar surface area (TPSA) is 68.3 Å². The van der Waals surface area contributed by atoms with Crippen LogP contribution in [0.5, 0.6) is 0 Å². The number of alkyl halides is 2. The van der Waals surface area contributed by atoms with Crippen LogP contribution in [-0.2, 0) is 9.53 Å². The summed E-state index contributed by atoms with van der Waals surface area (Å²) < 4.78 is 30.5. The van der Waals surface area contributed by atoms with Crippen LogP contribution in [0.4, 0.5) is 8.78 Å². The zero-order chi connectivity index (χ0) is 15.4. The summed E-state index contributed by atoms with van der Waals surface area (Å²) in [6.45, 7) is 0.120. The Morgan fingerprint density at radius 1 is 1.48 bits per heavy atom. The second kappa shape index (κ2) is 6.57. The second-order valence-electron chi connectivity index (χ2n) is 4.11. The first-order valence-corrected chi connectivity index (χ1v) is 6.86. The minimum atomic E-state index is -2.62. The Labute approximate surface area is 122 Å². The van der Waals surface area contributed by atoms with E-state index in [0.29, 0.717) is 10.2 Å². The van der Waals surface area contributed by atoms with Gasteiger partial charge >= 0.3 is 5.97 Å². The molecule has 0 aliphatic rings. The van der Waals surface area contributed by atoms with E-state index in [0.717, 1.165) is 11.3 Å². The van der Waals surface area contributed by atoms with E-state index in [4.69, 9.17) is 0 Å². The molecule has 0 fully saturated rings. The Balaban J connectivity index is 2.13. The highest BCUT2D eigenvalue weighted by Gasteiger charge is 2.17. The molecule has 8 heteroatoms. The van der Waals surface area contributed by atoms with Crippen LogP contribution in [0.25, 0.3) is 10.2 Å². The van der Waals surface area contributed by atoms with Crippen molar-refractivity contribution >= 4 is 33.4 Å². The minimum absolute atomic E-state index is 0.0493. The second-order valence-corrected chi connectivity index (χ2v) is 5.16. The first kappa shape index (κ1) is 15.3. The number of ether oxygens (including phenoxy) is 1. The highest BCUT2D eigenvalue weighted by Crippen LogP contribution is 2.32. The predicted molar refractivity (Wildman–Crippen MR) is 73.5 cm³/mol. The van der Waals surface area contributed by atoms with Crippen molar-refractivity contribution in [2.24, 2.45) is 0 Å². The standard InChI is InChI=1S/C13H12F2N2O3S/c1-20-10(18)3-5-17-13(19)9-6-8-11(21-9)7(12(14)15)2-4-16-8/h2,4,6,12H,3,5H2,1H3,(H,17,19). The number of thiophene rings is 1. The van der Waals surface area contributed by atoms with Crippen molar-refractivity contribution in [3.63, 3.8) is 0 Å². The van der Waals surface area contributed by atoms with Crippen molar-refractivity contribution < 1.29 is 23.1 Å². The van der Waals surface area contributed by atoms with Gasteiger partial charge in [0.15, 0.2) is 0 Å². The van der Waals surface area contributed by atoms with Crippen LogP contribution in [0, 0.1) is 0 Å². The van der Waals surface area contributed by atoms with E-state index in [-0.39, 0.29) is 23.4 Å². The number of halogens is 2. The van der Waals surface area contributed by atoms with Gasteiger partial charge in [0.05, 0.1) is 28.6 Å². The Bertz CT molecular complexity index is 672. The van der Waals surface area contributed by atoms with Crippen molar-refractivity contribution in [3.05, 3.63) is 28.8 Å². The molecule has 2 aromatic rings. The number of nitrogens with zero attached hydrogens (tertiary/aromatic N) is 1. The van der Waals surface area contributed by atoms with Gasteiger partial charge in [0.25, 0.3) is 12.3 Å². The molecule has 21 heavy (non-hydrogen) atoms. The van der Waals surface area contributed by atoms with Gasteiger partial charge in [-0.25, -0.2) is 8.78 Å². The number of carbonyl (C=O) groups excluding carboxylic acids is 2. The molecule has 0 radical (unpaired) electrons. The van der Waals surface area contributed by atoms with Crippen molar-refractivity contribution in [1.29, 1.82) is 0 Å². The fourth-order valence-corrected chi connectivity index (χ4v) is 2.76. The average molecular weight is 314 g/mol. The van der Waals surface area contributed by atoms with Gasteiger partial charge in [-0.2, -0.15) is 0 Å². The molecule has 5 nitrogen and oxygen atoms in total. The summed E-state index contributed by atoms with van der Waals surface area (Å²) in [4.78, 5) is 27.1. The monoisotopic (exact) mass is 314 g/mol. The smallest absolute Gasteiger partial charge is 0.307 e. The number of amides is 1. The third kappa shape index (κ3) is 3.52. The molecule has 1 N–H and O–H groups in total. The van der Waals surface area contributed by atoms with E-state index in [1.54, 1.807) is 0 Å². The summed E-state index contributed by atoms with van der Waals surface area (Å²) in [6, 6.07) is 2.70. The molecule has 0 aliphatic heterocycles. The lowest BCUT2D eigenvalue weighted by molar-refractivity contribution is -0.140. The molecule has 1 amide bonds. The lowest BCUT2D eigenvalue weighted by Crippen LogP contribution is -2.25. The van der Waals surface area contributed by atoms with Crippen molar-refractivity contribution in [2.75, 3.05) is 13.7 Å². The number of esters is 1. The van der Waals surface area contributed by atoms with E-state index < -0.39 is 18.3 Å². The number of carbonyl (C=O) groups is 2. The molecular weight excluding hydrogens is 302 g/mol. The van der Waals surface area contributed by atoms with E-state index in [9.17, 15) is 18.4 Å². The highest BCUT2D eigenvalue weighted by molar-refractivity contribution is 7.21. The summed E-state index contributed by atoms with van der Waals surface area (Å²) in [6.07, 6.45) is -1.28. The van der Waals surface area contributed by atoms with Crippen LogP contribution in [0.1, 0.15) is 28.1 Å². The minimum Gasteiger partial charge on any atom is -0.469 e. The first-order chi connectivity index (χ1) is 10.0. The van der Waals surface area contributed by atoms with Gasteiger partial charge < -0.3 is 10.1 Å². The number of pyridine rings is 1. The molecule has 0 atom stereocenters. The van der Waals surface area contributed by atoms with Gasteiger partial charge in [-0.1, -0.05) is 0 Å². The quantitative estimate of drug-likeness (QED) is 0.861. The molecule has 0 aromatic carbocycles. The van der Waals surface area contributed by atoms with Crippen LogP contribution in [0.2, 0.25) is 0 Å². The Morgan fingerprint density at radius 2 is 2.24 bits per heavy atom. The fourth-order valence-electron chi connectivity index (χ4n) is 1.71. The Hall–Kier alpha value is -2.09. The van der Waals surface area contributed by atoms with Gasteiger partial charge in [-0.15, -0.1) is 11.3 Å². The van der Waals surface area contributed by atoms with E-state index >= 15 is 0 Å². The molecule has 2 rings (SSSR count). The lowest BCUT2D eigenvalue weighted by atomic mass is 10.2. The van der Waals surface area contributed by atoms with Crippen molar-refractivity contribution in [1.82, 2.24) is 10.3 Å². The third-order valence-electron chi connectivity index (χ3n) is 2.74. The molecule has 112 valence electrons. The predicted octanol–water partition coefficient (Wildman–Crippen LogP) is 2.53. The van der Waals surface area contributed by atoms with Gasteiger partial charge in [0.1, 0.15) is 0 Å². The molecule has 0 bridgehead atoms. The molecule has 2 heterocycles. The highest BCUT2D eigenvalue weighted by atomic mass is 32.1. The summed E-state index contributed by atoms with van der Waals surface area (Å²) in [7, 11) is 1.26. The average Bonchev–Trinajstić information content (AvgIpc) is 2.90. The molecule has 0 saturated heterocycles. The molecule has 0 unspecified atom stereocenters. The zero-order valence-electron chi connectivity index (χ0n) is 11.1. The number of hydrogen-bond donors (Lipinski definition) is 1. The number of methoxy groups -OCH3 is 1. The van der Waals surface area contributed by atoms with Crippen LogP contribution >= 0.6 is 11.3 Å². The first-order valence-electron chi connectivity index (χ1n) is 6.04. The normalized spacial score (nSPS) is 10.9. The summed E-state index contributed by atoms with van der Waals surface area (Å²) in [5, 5.41) is 2.53. The molecule has 0 aliphatic carbocycles. The van der Waals surface area contributed by atoms with E-state index in [1.807, 2.05) is 0 Å². The van der Waals surface area contributed by atoms with E-state index in [2.05, 4.69) is 15.0 Å². The van der Waals surface area contributed by atoms with E-state index in [1.165, 1.54) is 25.4 Å². The maximum absolute atomic E-state index is 12.9. The van der Waals surface area contributed by atoms with Crippen LogP contribution in [-0.4, -0.2) is 30.5 Å². The molecule has 0 saturated carbocycles. The number of nitrogens with one attached hydrogen (secondary N) is 1. The van der Waals surface area contributed by atoms with Crippen LogP contribution < -0.4 is 5.32 Å². The zero-order valence-corrected chi connectivity index (χ0v) is 11.9. The maximum atomic E-state index is 12.9. The van der Waals surface area contributed by atoms with Gasteiger partial charge in [-0.3, -0.25) is 14.6 Å². The molecule has 2 aromatic heterocycles. The largest absolute Gasteiger partial charge is 0.469 e. The number of hydrogen-bond acceptors (Lipinski definition) is 5. The summed E-state index contributed by atoms with van der Waals surface area (Å²) in [5.74, 6) is -0.865. The van der Waals surface area contributed by atoms with Crippen molar-refractivity contribution in [3.8, 4) is 0 Å². The number of fused-ring (bicyclic) bond motifs is 1. The van der Waals surface area contributed by atoms with Crippen molar-refractivity contribution in [2.45, 2.75) is 12.8 Å². The van der Waals surface area contributed by atoms with Gasteiger partial charge in [0.2, 0.25) is 0 Å². The Kier molecular flexibility index (Phi) is 4.79. The van der Waals surface area contributed by atoms with Crippen LogP contribution in [0.3, 0.4) is 0 Å². The fraction of sp³-hybridized carbons (Fsp3) is 0.308. The SMILES string of the molecule is COC(=O)CCNC(=O)c1cc2nccc(C(F)F)c2s1. The summed E-state index contributed by atoms with van der Waals surface area (Å²) in [5.41, 5.74) is 0.217. The molecule has 0 spiro atoms. The maximum Gasteiger partial charge on any atom is 0.307 e. The number of rotatable bonds is 5.